The zero-order valence-corrected chi connectivity index (χ0v) is 10.6. The van der Waals surface area contributed by atoms with Crippen LogP contribution in [-0.2, 0) is 5.33 Å². The Morgan fingerprint density at radius 3 is 2.80 bits per heavy atom. The van der Waals surface area contributed by atoms with Crippen LogP contribution in [0.2, 0.25) is 5.02 Å². The number of halogens is 2. The summed E-state index contributed by atoms with van der Waals surface area (Å²) in [7, 11) is 0. The molecular weight excluding hydrogens is 275 g/mol. The van der Waals surface area contributed by atoms with Gasteiger partial charge in [0, 0.05) is 17.7 Å². The predicted molar refractivity (Wildman–Crippen MR) is 65.9 cm³/mol. The summed E-state index contributed by atoms with van der Waals surface area (Å²) in [5.74, 6) is 0.934. The highest BCUT2D eigenvalue weighted by Crippen LogP contribution is 2.23. The molecular formula is C11H10BrClN2. The summed E-state index contributed by atoms with van der Waals surface area (Å²) in [6.45, 7) is 1.95. The molecule has 0 amide bonds. The largest absolute Gasteiger partial charge is 0.302 e. The predicted octanol–water partition coefficient (Wildman–Crippen LogP) is 3.73. The van der Waals surface area contributed by atoms with Crippen LogP contribution in [0.3, 0.4) is 0 Å². The van der Waals surface area contributed by atoms with Crippen LogP contribution in [0.5, 0.6) is 0 Å². The molecule has 0 fully saturated rings. The maximum Gasteiger partial charge on any atom is 0.110 e. The van der Waals surface area contributed by atoms with Gasteiger partial charge in [0.1, 0.15) is 5.82 Å². The molecule has 0 bridgehead atoms. The first-order chi connectivity index (χ1) is 7.22. The van der Waals surface area contributed by atoms with Gasteiger partial charge in [0.2, 0.25) is 0 Å². The van der Waals surface area contributed by atoms with Gasteiger partial charge in [-0.25, -0.2) is 4.98 Å². The summed E-state index contributed by atoms with van der Waals surface area (Å²) in [5.41, 5.74) is 2.14. The molecule has 1 aromatic carbocycles. The van der Waals surface area contributed by atoms with Crippen molar-refractivity contribution >= 4 is 27.5 Å². The summed E-state index contributed by atoms with van der Waals surface area (Å²) < 4.78 is 1.97. The Labute approximate surface area is 102 Å². The molecule has 2 rings (SSSR count). The van der Waals surface area contributed by atoms with Crippen molar-refractivity contribution in [1.29, 1.82) is 0 Å². The van der Waals surface area contributed by atoms with E-state index < -0.39 is 0 Å². The number of rotatable bonds is 2. The van der Waals surface area contributed by atoms with Crippen molar-refractivity contribution in [3.63, 3.8) is 0 Å². The van der Waals surface area contributed by atoms with E-state index in [1.54, 1.807) is 6.20 Å². The molecule has 2 nitrogen and oxygen atoms in total. The lowest BCUT2D eigenvalue weighted by atomic mass is 10.2. The minimum Gasteiger partial charge on any atom is -0.302 e. The van der Waals surface area contributed by atoms with Gasteiger partial charge in [-0.15, -0.1) is 0 Å². The lowest BCUT2D eigenvalue weighted by Gasteiger charge is -2.08. The highest BCUT2D eigenvalue weighted by Gasteiger charge is 2.05. The number of hydrogen-bond donors (Lipinski definition) is 0. The van der Waals surface area contributed by atoms with E-state index in [-0.39, 0.29) is 0 Å². The quantitative estimate of drug-likeness (QED) is 0.769. The lowest BCUT2D eigenvalue weighted by Crippen LogP contribution is -1.96. The fraction of sp³-hybridized carbons (Fsp3) is 0.182. The topological polar surface area (TPSA) is 17.8 Å². The van der Waals surface area contributed by atoms with E-state index in [0.29, 0.717) is 0 Å². The summed E-state index contributed by atoms with van der Waals surface area (Å²) in [5, 5.41) is 1.56. The first-order valence-corrected chi connectivity index (χ1v) is 6.07. The second-order valence-corrected chi connectivity index (χ2v) is 4.23. The molecule has 78 valence electrons. The average molecular weight is 286 g/mol. The van der Waals surface area contributed by atoms with Crippen molar-refractivity contribution < 1.29 is 0 Å². The van der Waals surface area contributed by atoms with Gasteiger partial charge < -0.3 is 4.57 Å². The molecule has 15 heavy (non-hydrogen) atoms. The Kier molecular flexibility index (Phi) is 3.12. The third kappa shape index (κ3) is 2.08. The Hall–Kier alpha value is -0.800. The third-order valence-corrected chi connectivity index (χ3v) is 3.20. The molecule has 0 aliphatic carbocycles. The minimum atomic E-state index is 0.744. The van der Waals surface area contributed by atoms with Crippen LogP contribution in [0.15, 0.2) is 30.6 Å². The monoisotopic (exact) mass is 284 g/mol. The fourth-order valence-corrected chi connectivity index (χ4v) is 2.10. The molecule has 0 spiro atoms. The molecule has 0 saturated carbocycles. The van der Waals surface area contributed by atoms with Gasteiger partial charge in [-0.2, -0.15) is 0 Å². The fourth-order valence-electron chi connectivity index (χ4n) is 1.46. The molecule has 0 unspecified atom stereocenters. The number of hydrogen-bond acceptors (Lipinski definition) is 1. The lowest BCUT2D eigenvalue weighted by molar-refractivity contribution is 0.974. The third-order valence-electron chi connectivity index (χ3n) is 2.25. The van der Waals surface area contributed by atoms with Crippen molar-refractivity contribution in [2.45, 2.75) is 12.3 Å². The van der Waals surface area contributed by atoms with Gasteiger partial charge in [-0.1, -0.05) is 33.6 Å². The Morgan fingerprint density at radius 1 is 1.47 bits per heavy atom. The first kappa shape index (κ1) is 10.7. The van der Waals surface area contributed by atoms with Crippen molar-refractivity contribution in [3.05, 3.63) is 47.0 Å². The zero-order valence-electron chi connectivity index (χ0n) is 8.24. The normalized spacial score (nSPS) is 10.6. The summed E-state index contributed by atoms with van der Waals surface area (Å²) in [4.78, 5) is 4.17. The SMILES string of the molecule is Cc1nccn1-c1ccc(CBr)cc1Cl. The second kappa shape index (κ2) is 4.37. The summed E-state index contributed by atoms with van der Waals surface area (Å²) in [6, 6.07) is 6.02. The van der Waals surface area contributed by atoms with E-state index >= 15 is 0 Å². The number of benzene rings is 1. The number of alkyl halides is 1. The van der Waals surface area contributed by atoms with E-state index in [9.17, 15) is 0 Å². The highest BCUT2D eigenvalue weighted by atomic mass is 79.9. The van der Waals surface area contributed by atoms with Gasteiger partial charge >= 0.3 is 0 Å². The van der Waals surface area contributed by atoms with Crippen LogP contribution in [-0.4, -0.2) is 9.55 Å². The second-order valence-electron chi connectivity index (χ2n) is 3.26. The summed E-state index contributed by atoms with van der Waals surface area (Å²) >= 11 is 9.60. The standard InChI is InChI=1S/C11H10BrClN2/c1-8-14-4-5-15(8)11-3-2-9(7-12)6-10(11)13/h2-6H,7H2,1H3. The van der Waals surface area contributed by atoms with Crippen LogP contribution in [0.1, 0.15) is 11.4 Å². The summed E-state index contributed by atoms with van der Waals surface area (Å²) in [6.07, 6.45) is 3.68. The maximum atomic E-state index is 6.20. The molecule has 1 aromatic heterocycles. The molecule has 0 saturated heterocycles. The van der Waals surface area contributed by atoms with Gasteiger partial charge in [-0.05, 0) is 24.6 Å². The van der Waals surface area contributed by atoms with Crippen molar-refractivity contribution in [2.24, 2.45) is 0 Å². The smallest absolute Gasteiger partial charge is 0.110 e. The van der Waals surface area contributed by atoms with E-state index in [1.165, 1.54) is 5.56 Å². The molecule has 1 heterocycles. The van der Waals surface area contributed by atoms with Gasteiger partial charge in [0.25, 0.3) is 0 Å². The molecule has 0 radical (unpaired) electrons. The Balaban J connectivity index is 2.50. The van der Waals surface area contributed by atoms with Crippen LogP contribution in [0.25, 0.3) is 5.69 Å². The van der Waals surface area contributed by atoms with Crippen LogP contribution >= 0.6 is 27.5 Å². The minimum absolute atomic E-state index is 0.744. The Bertz CT molecular complexity index is 479. The van der Waals surface area contributed by atoms with E-state index in [0.717, 1.165) is 21.9 Å². The number of aryl methyl sites for hydroxylation is 1. The first-order valence-electron chi connectivity index (χ1n) is 4.57. The number of aromatic nitrogens is 2. The molecule has 4 heteroatoms. The molecule has 2 aromatic rings. The molecule has 0 aliphatic heterocycles. The highest BCUT2D eigenvalue weighted by molar-refractivity contribution is 9.08. The average Bonchev–Trinajstić information content (AvgIpc) is 2.64. The van der Waals surface area contributed by atoms with Crippen molar-refractivity contribution in [1.82, 2.24) is 9.55 Å². The molecule has 0 N–H and O–H groups in total. The zero-order chi connectivity index (χ0) is 10.8. The van der Waals surface area contributed by atoms with E-state index in [2.05, 4.69) is 27.0 Å². The number of imidazole rings is 1. The van der Waals surface area contributed by atoms with Gasteiger partial charge in [0.15, 0.2) is 0 Å². The van der Waals surface area contributed by atoms with Crippen molar-refractivity contribution in [2.75, 3.05) is 0 Å². The van der Waals surface area contributed by atoms with Gasteiger partial charge in [-0.3, -0.25) is 0 Å². The van der Waals surface area contributed by atoms with Crippen LogP contribution < -0.4 is 0 Å². The molecule has 0 atom stereocenters. The van der Waals surface area contributed by atoms with E-state index in [4.69, 9.17) is 11.6 Å². The Morgan fingerprint density at radius 2 is 2.27 bits per heavy atom. The van der Waals surface area contributed by atoms with Crippen LogP contribution in [0.4, 0.5) is 0 Å². The van der Waals surface area contributed by atoms with Crippen molar-refractivity contribution in [3.8, 4) is 5.69 Å². The van der Waals surface area contributed by atoms with E-state index in [1.807, 2.05) is 29.8 Å². The molecule has 0 aliphatic rings. The maximum absolute atomic E-state index is 6.20. The number of nitrogens with zero attached hydrogens (tertiary/aromatic N) is 2. The van der Waals surface area contributed by atoms with Crippen LogP contribution in [0, 0.1) is 6.92 Å². The van der Waals surface area contributed by atoms with Gasteiger partial charge in [0.05, 0.1) is 10.7 Å².